The van der Waals surface area contributed by atoms with Crippen molar-refractivity contribution in [2.24, 2.45) is 0 Å². The highest BCUT2D eigenvalue weighted by molar-refractivity contribution is 7.86. The Bertz CT molecular complexity index is 1400. The van der Waals surface area contributed by atoms with Crippen LogP contribution in [0.4, 0.5) is 0 Å². The number of hydrogen-bond acceptors (Lipinski definition) is 7. The van der Waals surface area contributed by atoms with Crippen LogP contribution in [0, 0.1) is 6.92 Å². The zero-order valence-corrected chi connectivity index (χ0v) is 22.8. The molecule has 0 saturated heterocycles. The zero-order chi connectivity index (χ0) is 26.7. The first kappa shape index (κ1) is 27.7. The minimum absolute atomic E-state index is 0.0186. The predicted octanol–water partition coefficient (Wildman–Crippen LogP) is 5.40. The molecule has 0 amide bonds. The highest BCUT2D eigenvalue weighted by atomic mass is 35.5. The first-order valence-corrected chi connectivity index (χ1v) is 13.3. The molecule has 1 heterocycles. The summed E-state index contributed by atoms with van der Waals surface area (Å²) in [6.07, 6.45) is 0.998. The largest absolute Gasteiger partial charge is 0.487 e. The molecule has 1 aromatic heterocycles. The number of ether oxygens (including phenoxy) is 2. The molecule has 3 aromatic rings. The number of halogens is 1. The molecule has 3 rings (SSSR count). The van der Waals surface area contributed by atoms with Gasteiger partial charge in [-0.3, -0.25) is 8.98 Å². The van der Waals surface area contributed by atoms with Gasteiger partial charge in [-0.05, 0) is 76.4 Å². The Morgan fingerprint density at radius 1 is 1.11 bits per heavy atom. The summed E-state index contributed by atoms with van der Waals surface area (Å²) in [4.78, 5) is 12.6. The van der Waals surface area contributed by atoms with Crippen LogP contribution in [-0.4, -0.2) is 24.8 Å². The van der Waals surface area contributed by atoms with Gasteiger partial charge in [-0.1, -0.05) is 35.9 Å². The molecule has 194 valence electrons. The molecule has 0 aliphatic carbocycles. The van der Waals surface area contributed by atoms with E-state index in [0.29, 0.717) is 0 Å². The molecule has 0 aliphatic heterocycles. The van der Waals surface area contributed by atoms with Crippen molar-refractivity contribution in [1.29, 1.82) is 0 Å². The fourth-order valence-corrected chi connectivity index (χ4v) is 4.70. The first-order chi connectivity index (χ1) is 16.8. The number of aromatic nitrogens is 2. The average molecular weight is 535 g/mol. The van der Waals surface area contributed by atoms with Crippen LogP contribution in [0.2, 0.25) is 5.02 Å². The molecule has 8 nitrogen and oxygen atoms in total. The summed E-state index contributed by atoms with van der Waals surface area (Å²) in [6.45, 7) is 11.0. The lowest BCUT2D eigenvalue weighted by Crippen LogP contribution is -2.36. The third-order valence-corrected chi connectivity index (χ3v) is 7.05. The summed E-state index contributed by atoms with van der Waals surface area (Å²) < 4.78 is 43.0. The topological polar surface area (TPSA) is 96.7 Å². The van der Waals surface area contributed by atoms with Crippen LogP contribution >= 0.6 is 11.6 Å². The molecule has 0 spiro atoms. The van der Waals surface area contributed by atoms with Crippen LogP contribution in [0.1, 0.15) is 57.4 Å². The number of benzene rings is 2. The quantitative estimate of drug-likeness (QED) is 0.339. The summed E-state index contributed by atoms with van der Waals surface area (Å²) in [6, 6.07) is 12.3. The Balaban J connectivity index is 1.79. The molecular formula is C26H31ClN2O6S. The van der Waals surface area contributed by atoms with Crippen molar-refractivity contribution in [2.75, 3.05) is 6.61 Å². The van der Waals surface area contributed by atoms with Crippen molar-refractivity contribution in [3.05, 3.63) is 80.7 Å². The van der Waals surface area contributed by atoms with Crippen molar-refractivity contribution in [3.63, 3.8) is 0 Å². The lowest BCUT2D eigenvalue weighted by Gasteiger charge is -2.22. The van der Waals surface area contributed by atoms with Crippen molar-refractivity contribution < 1.29 is 22.1 Å². The van der Waals surface area contributed by atoms with Crippen LogP contribution < -0.4 is 15.0 Å². The molecule has 36 heavy (non-hydrogen) atoms. The second kappa shape index (κ2) is 11.0. The Labute approximate surface area is 216 Å². The van der Waals surface area contributed by atoms with E-state index >= 15 is 0 Å². The molecule has 2 aromatic carbocycles. The van der Waals surface area contributed by atoms with Gasteiger partial charge in [0.25, 0.3) is 5.56 Å². The van der Waals surface area contributed by atoms with E-state index in [9.17, 15) is 13.2 Å². The van der Waals surface area contributed by atoms with Crippen molar-refractivity contribution in [2.45, 2.75) is 64.7 Å². The summed E-state index contributed by atoms with van der Waals surface area (Å²) in [5.74, 6) is 0.414. The SMILES string of the molecule is CCOS(=O)(=O)c1ccc(C)cc1OCc1cccc(C(C)Oc2cnn(C(C)(C)C)c(=O)c2Cl)c1. The third kappa shape index (κ3) is 6.46. The first-order valence-electron chi connectivity index (χ1n) is 11.5. The molecule has 0 fully saturated rings. The lowest BCUT2D eigenvalue weighted by molar-refractivity contribution is 0.222. The van der Waals surface area contributed by atoms with E-state index in [4.69, 9.17) is 25.3 Å². The van der Waals surface area contributed by atoms with E-state index in [0.717, 1.165) is 16.7 Å². The van der Waals surface area contributed by atoms with Crippen LogP contribution in [0.25, 0.3) is 0 Å². The molecule has 0 aliphatic rings. The highest BCUT2D eigenvalue weighted by Crippen LogP contribution is 2.29. The maximum absolute atomic E-state index is 12.6. The van der Waals surface area contributed by atoms with Gasteiger partial charge in [0, 0.05) is 0 Å². The van der Waals surface area contributed by atoms with E-state index in [1.807, 2.05) is 58.9 Å². The van der Waals surface area contributed by atoms with Gasteiger partial charge in [0.05, 0.1) is 18.3 Å². The third-order valence-electron chi connectivity index (χ3n) is 5.28. The molecule has 0 bridgehead atoms. The summed E-state index contributed by atoms with van der Waals surface area (Å²) >= 11 is 6.29. The molecular weight excluding hydrogens is 504 g/mol. The fraction of sp³-hybridized carbons (Fsp3) is 0.385. The fourth-order valence-electron chi connectivity index (χ4n) is 3.49. The highest BCUT2D eigenvalue weighted by Gasteiger charge is 2.22. The standard InChI is InChI=1S/C26H31ClN2O6S/c1-7-34-36(31,32)23-12-11-17(2)13-21(23)33-16-19-9-8-10-20(14-19)18(3)35-22-15-28-29(26(4,5)6)25(30)24(22)27/h8-15,18H,7,16H2,1-6H3. The smallest absolute Gasteiger partial charge is 0.300 e. The van der Waals surface area contributed by atoms with Gasteiger partial charge in [0.2, 0.25) is 0 Å². The monoisotopic (exact) mass is 534 g/mol. The predicted molar refractivity (Wildman–Crippen MR) is 138 cm³/mol. The number of rotatable bonds is 9. The van der Waals surface area contributed by atoms with Crippen LogP contribution in [0.15, 0.2) is 58.4 Å². The molecule has 1 unspecified atom stereocenters. The van der Waals surface area contributed by atoms with Crippen molar-refractivity contribution in [3.8, 4) is 11.5 Å². The molecule has 0 radical (unpaired) electrons. The molecule has 0 N–H and O–H groups in total. The van der Waals surface area contributed by atoms with Gasteiger partial charge >= 0.3 is 10.1 Å². The van der Waals surface area contributed by atoms with E-state index in [1.54, 1.807) is 19.1 Å². The second-order valence-electron chi connectivity index (χ2n) is 9.32. The maximum atomic E-state index is 12.6. The zero-order valence-electron chi connectivity index (χ0n) is 21.2. The normalized spacial score (nSPS) is 12.9. The lowest BCUT2D eigenvalue weighted by atomic mass is 10.1. The van der Waals surface area contributed by atoms with Gasteiger partial charge in [-0.25, -0.2) is 4.68 Å². The van der Waals surface area contributed by atoms with E-state index in [-0.39, 0.29) is 34.6 Å². The second-order valence-corrected chi connectivity index (χ2v) is 11.3. The van der Waals surface area contributed by atoms with E-state index < -0.39 is 27.3 Å². The number of hydrogen-bond donors (Lipinski definition) is 0. The minimum atomic E-state index is -3.93. The van der Waals surface area contributed by atoms with Gasteiger partial charge in [0.15, 0.2) is 10.8 Å². The summed E-state index contributed by atoms with van der Waals surface area (Å²) in [7, 11) is -3.93. The molecule has 10 heteroatoms. The minimum Gasteiger partial charge on any atom is -0.487 e. The van der Waals surface area contributed by atoms with Crippen LogP contribution in [0.3, 0.4) is 0 Å². The number of nitrogens with zero attached hydrogens (tertiary/aromatic N) is 2. The van der Waals surface area contributed by atoms with Crippen molar-refractivity contribution >= 4 is 21.7 Å². The van der Waals surface area contributed by atoms with Crippen molar-refractivity contribution in [1.82, 2.24) is 9.78 Å². The number of aryl methyl sites for hydroxylation is 1. The Morgan fingerprint density at radius 3 is 2.50 bits per heavy atom. The van der Waals surface area contributed by atoms with Crippen LogP contribution in [0.5, 0.6) is 11.5 Å². The average Bonchev–Trinajstić information content (AvgIpc) is 2.80. The Kier molecular flexibility index (Phi) is 8.48. The summed E-state index contributed by atoms with van der Waals surface area (Å²) in [5.41, 5.74) is 1.54. The van der Waals surface area contributed by atoms with Gasteiger partial charge in [-0.15, -0.1) is 0 Å². The van der Waals surface area contributed by atoms with Gasteiger partial charge in [-0.2, -0.15) is 13.5 Å². The Hall–Kier alpha value is -2.88. The van der Waals surface area contributed by atoms with E-state index in [1.165, 1.54) is 16.9 Å². The van der Waals surface area contributed by atoms with Crippen LogP contribution in [-0.2, 0) is 26.4 Å². The Morgan fingerprint density at radius 2 is 1.83 bits per heavy atom. The van der Waals surface area contributed by atoms with Gasteiger partial charge < -0.3 is 9.47 Å². The molecule has 1 atom stereocenters. The molecule has 0 saturated carbocycles. The summed E-state index contributed by atoms with van der Waals surface area (Å²) in [5, 5.41) is 4.17. The van der Waals surface area contributed by atoms with Gasteiger partial charge in [0.1, 0.15) is 23.4 Å². The van der Waals surface area contributed by atoms with E-state index in [2.05, 4.69) is 5.10 Å². The maximum Gasteiger partial charge on any atom is 0.300 e.